The molecular weight excluding hydrogens is 234 g/mol. The molecule has 2 N–H and O–H groups in total. The molecule has 6 heteroatoms. The summed E-state index contributed by atoms with van der Waals surface area (Å²) >= 11 is 0. The van der Waals surface area contributed by atoms with Crippen LogP contribution in [0.4, 0.5) is 0 Å². The normalized spacial score (nSPS) is 23.6. The van der Waals surface area contributed by atoms with Crippen LogP contribution in [0.2, 0.25) is 0 Å². The summed E-state index contributed by atoms with van der Waals surface area (Å²) in [7, 11) is 0. The average Bonchev–Trinajstić information content (AvgIpc) is 2.39. The molecule has 0 aliphatic heterocycles. The fourth-order valence-electron chi connectivity index (χ4n) is 2.52. The summed E-state index contributed by atoms with van der Waals surface area (Å²) in [6.07, 6.45) is 4.74. The van der Waals surface area contributed by atoms with E-state index in [4.69, 9.17) is 5.26 Å². The molecular formula is C12H15N3O3. The number of nitrogens with zero attached hydrogens (tertiary/aromatic N) is 2. The van der Waals surface area contributed by atoms with Crippen LogP contribution in [-0.2, 0) is 0 Å². The van der Waals surface area contributed by atoms with Gasteiger partial charge in [0.1, 0.15) is 11.6 Å². The molecule has 1 aromatic heterocycles. The van der Waals surface area contributed by atoms with Gasteiger partial charge in [-0.25, -0.2) is 4.79 Å². The first-order valence-electron chi connectivity index (χ1n) is 6.02. The molecule has 6 nitrogen and oxygen atoms in total. The van der Waals surface area contributed by atoms with E-state index >= 15 is 0 Å². The van der Waals surface area contributed by atoms with Crippen LogP contribution in [0.3, 0.4) is 0 Å². The average molecular weight is 249 g/mol. The lowest BCUT2D eigenvalue weighted by atomic mass is 9.86. The highest BCUT2D eigenvalue weighted by Crippen LogP contribution is 2.31. The number of H-pyrrole nitrogens is 1. The van der Waals surface area contributed by atoms with Crippen molar-refractivity contribution in [3.05, 3.63) is 32.6 Å². The molecule has 1 aliphatic rings. The summed E-state index contributed by atoms with van der Waals surface area (Å²) in [6.45, 7) is 0.111. The zero-order chi connectivity index (χ0) is 13.1. The van der Waals surface area contributed by atoms with Crippen LogP contribution in [-0.4, -0.2) is 21.3 Å². The number of rotatable bonds is 2. The maximum Gasteiger partial charge on any atom is 0.328 e. The smallest absolute Gasteiger partial charge is 0.328 e. The van der Waals surface area contributed by atoms with Crippen molar-refractivity contribution in [1.29, 1.82) is 5.26 Å². The fraction of sp³-hybridized carbons (Fsp3) is 0.583. The molecule has 0 aromatic carbocycles. The zero-order valence-electron chi connectivity index (χ0n) is 9.93. The number of aliphatic hydroxyl groups is 1. The van der Waals surface area contributed by atoms with Crippen molar-refractivity contribution in [2.45, 2.75) is 31.7 Å². The van der Waals surface area contributed by atoms with Crippen LogP contribution >= 0.6 is 0 Å². The lowest BCUT2D eigenvalue weighted by Gasteiger charge is -2.29. The predicted molar refractivity (Wildman–Crippen MR) is 64.1 cm³/mol. The van der Waals surface area contributed by atoms with Gasteiger partial charge >= 0.3 is 5.69 Å². The van der Waals surface area contributed by atoms with Gasteiger partial charge in [0.05, 0.1) is 0 Å². The molecule has 2 rings (SSSR count). The highest BCUT2D eigenvalue weighted by Gasteiger charge is 2.23. The third kappa shape index (κ3) is 2.36. The van der Waals surface area contributed by atoms with Crippen LogP contribution in [0, 0.1) is 17.2 Å². The van der Waals surface area contributed by atoms with Crippen LogP contribution in [0.1, 0.15) is 37.3 Å². The summed E-state index contributed by atoms with van der Waals surface area (Å²) in [5, 5.41) is 18.0. The van der Waals surface area contributed by atoms with Crippen molar-refractivity contribution in [1.82, 2.24) is 9.55 Å². The molecule has 0 amide bonds. The van der Waals surface area contributed by atoms with E-state index in [1.165, 1.54) is 10.8 Å². The van der Waals surface area contributed by atoms with Gasteiger partial charge < -0.3 is 5.11 Å². The van der Waals surface area contributed by atoms with Gasteiger partial charge in [0, 0.05) is 18.8 Å². The topological polar surface area (TPSA) is 98.9 Å². The van der Waals surface area contributed by atoms with Crippen LogP contribution < -0.4 is 11.2 Å². The Bertz CT molecular complexity index is 581. The second kappa shape index (κ2) is 5.19. The van der Waals surface area contributed by atoms with Crippen molar-refractivity contribution < 1.29 is 5.11 Å². The van der Waals surface area contributed by atoms with Gasteiger partial charge in [0.25, 0.3) is 5.56 Å². The molecule has 1 aliphatic carbocycles. The highest BCUT2D eigenvalue weighted by atomic mass is 16.3. The highest BCUT2D eigenvalue weighted by molar-refractivity contribution is 5.21. The first-order chi connectivity index (χ1) is 8.65. The molecule has 96 valence electrons. The van der Waals surface area contributed by atoms with Gasteiger partial charge in [-0.1, -0.05) is 6.42 Å². The molecule has 0 spiro atoms. The first-order valence-corrected chi connectivity index (χ1v) is 6.02. The molecule has 0 bridgehead atoms. The summed E-state index contributed by atoms with van der Waals surface area (Å²) in [6, 6.07) is 1.73. The van der Waals surface area contributed by atoms with E-state index in [2.05, 4.69) is 4.98 Å². The summed E-state index contributed by atoms with van der Waals surface area (Å²) < 4.78 is 1.42. The van der Waals surface area contributed by atoms with Crippen LogP contribution in [0.5, 0.6) is 0 Å². The van der Waals surface area contributed by atoms with Gasteiger partial charge in [0.15, 0.2) is 0 Å². The minimum atomic E-state index is -0.645. The van der Waals surface area contributed by atoms with Crippen molar-refractivity contribution >= 4 is 0 Å². The Balaban J connectivity index is 2.36. The van der Waals surface area contributed by atoms with Crippen LogP contribution in [0.15, 0.2) is 15.8 Å². The maximum atomic E-state index is 11.7. The molecule has 0 radical (unpaired) electrons. The van der Waals surface area contributed by atoms with Gasteiger partial charge in [-0.15, -0.1) is 0 Å². The van der Waals surface area contributed by atoms with Gasteiger partial charge in [-0.2, -0.15) is 5.26 Å². The van der Waals surface area contributed by atoms with E-state index in [0.717, 1.165) is 19.3 Å². The SMILES string of the molecule is N#Cc1cn(C2CCCC(CO)C2)c(=O)[nH]c1=O. The maximum absolute atomic E-state index is 11.7. The number of aromatic amines is 1. The van der Waals surface area contributed by atoms with E-state index in [1.807, 2.05) is 0 Å². The Morgan fingerprint density at radius 1 is 1.50 bits per heavy atom. The van der Waals surface area contributed by atoms with Gasteiger partial charge in [0.2, 0.25) is 0 Å². The third-order valence-electron chi connectivity index (χ3n) is 3.49. The Morgan fingerprint density at radius 3 is 2.94 bits per heavy atom. The zero-order valence-corrected chi connectivity index (χ0v) is 9.93. The van der Waals surface area contributed by atoms with Crippen molar-refractivity contribution in [3.63, 3.8) is 0 Å². The number of aliphatic hydroxyl groups excluding tert-OH is 1. The van der Waals surface area contributed by atoms with E-state index < -0.39 is 11.2 Å². The minimum absolute atomic E-state index is 0.0488. The molecule has 18 heavy (non-hydrogen) atoms. The number of nitriles is 1. The quantitative estimate of drug-likeness (QED) is 0.778. The minimum Gasteiger partial charge on any atom is -0.396 e. The summed E-state index contributed by atoms with van der Waals surface area (Å²) in [5.41, 5.74) is -1.18. The Kier molecular flexibility index (Phi) is 3.63. The van der Waals surface area contributed by atoms with Crippen molar-refractivity contribution in [2.75, 3.05) is 6.61 Å². The van der Waals surface area contributed by atoms with Crippen LogP contribution in [0.25, 0.3) is 0 Å². The number of hydrogen-bond acceptors (Lipinski definition) is 4. The number of aromatic nitrogens is 2. The number of nitrogens with one attached hydrogen (secondary N) is 1. The van der Waals surface area contributed by atoms with E-state index in [1.54, 1.807) is 6.07 Å². The molecule has 1 aromatic rings. The molecule has 1 heterocycles. The predicted octanol–water partition coefficient (Wildman–Crippen LogP) is 0.132. The first kappa shape index (κ1) is 12.6. The van der Waals surface area contributed by atoms with Gasteiger partial charge in [-0.3, -0.25) is 14.3 Å². The van der Waals surface area contributed by atoms with Crippen molar-refractivity contribution in [3.8, 4) is 6.07 Å². The molecule has 1 saturated carbocycles. The van der Waals surface area contributed by atoms with E-state index in [9.17, 15) is 14.7 Å². The van der Waals surface area contributed by atoms with Gasteiger partial charge in [-0.05, 0) is 25.2 Å². The third-order valence-corrected chi connectivity index (χ3v) is 3.49. The monoisotopic (exact) mass is 249 g/mol. The molecule has 0 saturated heterocycles. The standard InChI is InChI=1S/C12H15N3O3/c13-5-9-6-15(12(18)14-11(9)17)10-3-1-2-8(4-10)7-16/h6,8,10,16H,1-4,7H2,(H,14,17,18). The molecule has 2 unspecified atom stereocenters. The number of hydrogen-bond donors (Lipinski definition) is 2. The second-order valence-corrected chi connectivity index (χ2v) is 4.69. The van der Waals surface area contributed by atoms with Crippen molar-refractivity contribution in [2.24, 2.45) is 5.92 Å². The Hall–Kier alpha value is -1.87. The lowest BCUT2D eigenvalue weighted by Crippen LogP contribution is -2.35. The Morgan fingerprint density at radius 2 is 2.28 bits per heavy atom. The fourth-order valence-corrected chi connectivity index (χ4v) is 2.52. The molecule has 2 atom stereocenters. The second-order valence-electron chi connectivity index (χ2n) is 4.69. The lowest BCUT2D eigenvalue weighted by molar-refractivity contribution is 0.160. The summed E-state index contributed by atoms with van der Waals surface area (Å²) in [5.74, 6) is 0.188. The van der Waals surface area contributed by atoms with E-state index in [-0.39, 0.29) is 24.1 Å². The summed E-state index contributed by atoms with van der Waals surface area (Å²) in [4.78, 5) is 25.2. The Labute approximate surface area is 104 Å². The molecule has 1 fully saturated rings. The largest absolute Gasteiger partial charge is 0.396 e. The van der Waals surface area contributed by atoms with E-state index in [0.29, 0.717) is 6.42 Å².